The molecule has 2 saturated heterocycles. The third-order valence-electron chi connectivity index (χ3n) is 6.94. The van der Waals surface area contributed by atoms with Crippen LogP contribution in [0.15, 0.2) is 24.5 Å². The number of amides is 2. The number of likely N-dealkylation sites (tertiary alicyclic amines) is 1. The van der Waals surface area contributed by atoms with Gasteiger partial charge in [-0.15, -0.1) is 0 Å². The summed E-state index contributed by atoms with van der Waals surface area (Å²) in [7, 11) is 0. The number of aromatic nitrogens is 4. The normalized spacial score (nSPS) is 17.8. The van der Waals surface area contributed by atoms with E-state index in [2.05, 4.69) is 20.3 Å². The van der Waals surface area contributed by atoms with Crippen LogP contribution in [0.1, 0.15) is 19.3 Å². The maximum Gasteiger partial charge on any atom is 0.248 e. The van der Waals surface area contributed by atoms with E-state index in [4.69, 9.17) is 10.4 Å². The third kappa shape index (κ3) is 5.44. The van der Waals surface area contributed by atoms with Crippen molar-refractivity contribution in [3.8, 4) is 17.6 Å². The Labute approximate surface area is 222 Å². The van der Waals surface area contributed by atoms with E-state index >= 15 is 4.39 Å². The van der Waals surface area contributed by atoms with Crippen molar-refractivity contribution < 1.29 is 23.5 Å². The quantitative estimate of drug-likeness (QED) is 0.469. The van der Waals surface area contributed by atoms with Crippen LogP contribution in [0.3, 0.4) is 0 Å². The topological polar surface area (TPSA) is 143 Å². The van der Waals surface area contributed by atoms with Crippen LogP contribution < -0.4 is 10.2 Å². The van der Waals surface area contributed by atoms with Gasteiger partial charge in [0.15, 0.2) is 17.5 Å². The SMILES string of the molecule is N#CCC(=O)N1CCC[C@@H](Nc2nc(-c3cnc4ccc(F)cn34)nc(N3CCN(C(=O)CO)CC3)c2F)C1. The number of nitrogens with zero attached hydrogens (tertiary/aromatic N) is 8. The minimum absolute atomic E-state index is 0.0122. The van der Waals surface area contributed by atoms with Gasteiger partial charge in [0, 0.05) is 51.5 Å². The van der Waals surface area contributed by atoms with Crippen molar-refractivity contribution >= 4 is 29.1 Å². The van der Waals surface area contributed by atoms with Crippen molar-refractivity contribution in [1.82, 2.24) is 29.2 Å². The summed E-state index contributed by atoms with van der Waals surface area (Å²) in [5.41, 5.74) is 0.822. The minimum Gasteiger partial charge on any atom is -0.387 e. The maximum absolute atomic E-state index is 16.0. The highest BCUT2D eigenvalue weighted by molar-refractivity contribution is 5.78. The van der Waals surface area contributed by atoms with Gasteiger partial charge >= 0.3 is 0 Å². The van der Waals surface area contributed by atoms with Crippen LogP contribution in [-0.4, -0.2) is 98.0 Å². The van der Waals surface area contributed by atoms with Crippen LogP contribution in [0.2, 0.25) is 0 Å². The van der Waals surface area contributed by atoms with Crippen molar-refractivity contribution in [1.29, 1.82) is 5.26 Å². The smallest absolute Gasteiger partial charge is 0.248 e. The number of pyridine rings is 1. The molecule has 2 N–H and O–H groups in total. The molecular weight excluding hydrogens is 512 g/mol. The molecule has 0 spiro atoms. The molecule has 39 heavy (non-hydrogen) atoms. The predicted octanol–water partition coefficient (Wildman–Crippen LogP) is 1.03. The number of fused-ring (bicyclic) bond motifs is 1. The van der Waals surface area contributed by atoms with E-state index in [1.54, 1.807) is 9.80 Å². The van der Waals surface area contributed by atoms with Gasteiger partial charge in [0.2, 0.25) is 17.6 Å². The van der Waals surface area contributed by atoms with Crippen molar-refractivity contribution in [3.05, 3.63) is 36.2 Å². The van der Waals surface area contributed by atoms with E-state index in [0.29, 0.717) is 30.7 Å². The first kappa shape index (κ1) is 26.2. The van der Waals surface area contributed by atoms with Crippen molar-refractivity contribution in [3.63, 3.8) is 0 Å². The van der Waals surface area contributed by atoms with Gasteiger partial charge in [-0.1, -0.05) is 0 Å². The Kier molecular flexibility index (Phi) is 7.51. The van der Waals surface area contributed by atoms with E-state index in [-0.39, 0.29) is 68.6 Å². The van der Waals surface area contributed by atoms with Gasteiger partial charge in [-0.25, -0.2) is 19.3 Å². The van der Waals surface area contributed by atoms with E-state index in [0.717, 1.165) is 0 Å². The number of nitriles is 1. The molecule has 3 aromatic heterocycles. The second-order valence-corrected chi connectivity index (χ2v) is 9.44. The number of halogens is 2. The molecule has 1 atom stereocenters. The number of carbonyl (C=O) groups is 2. The highest BCUT2D eigenvalue weighted by Gasteiger charge is 2.29. The van der Waals surface area contributed by atoms with Gasteiger partial charge in [0.05, 0.1) is 12.3 Å². The molecule has 2 fully saturated rings. The molecule has 2 amide bonds. The summed E-state index contributed by atoms with van der Waals surface area (Å²) >= 11 is 0. The summed E-state index contributed by atoms with van der Waals surface area (Å²) in [5, 5.41) is 21.2. The Balaban J connectivity index is 1.49. The summed E-state index contributed by atoms with van der Waals surface area (Å²) < 4.78 is 31.5. The number of piperazine rings is 1. The minimum atomic E-state index is -0.693. The van der Waals surface area contributed by atoms with Crippen LogP contribution in [0.5, 0.6) is 0 Å². The zero-order valence-electron chi connectivity index (χ0n) is 21.1. The maximum atomic E-state index is 16.0. The molecule has 0 bridgehead atoms. The van der Waals surface area contributed by atoms with E-state index in [1.165, 1.54) is 33.8 Å². The van der Waals surface area contributed by atoms with Crippen molar-refractivity contribution in [2.75, 3.05) is 56.1 Å². The lowest BCUT2D eigenvalue weighted by Crippen LogP contribution is -2.50. The number of carbonyl (C=O) groups excluding carboxylic acids is 2. The average molecular weight is 540 g/mol. The van der Waals surface area contributed by atoms with Gasteiger partial charge in [-0.3, -0.25) is 14.0 Å². The lowest BCUT2D eigenvalue weighted by molar-refractivity contribution is -0.134. The van der Waals surface area contributed by atoms with Crippen LogP contribution >= 0.6 is 0 Å². The molecule has 204 valence electrons. The average Bonchev–Trinajstić information content (AvgIpc) is 3.37. The standard InChI is InChI=1S/C25H27F2N9O3/c26-16-3-4-19-29-12-18(36(19)13-16)23-31-24(30-17-2-1-7-35(14-17)20(38)5-6-28)22(27)25(32-23)34-10-8-33(9-11-34)21(39)15-37/h3-4,12-13,17,37H,1-2,5,7-11,14-15H2,(H,30,31,32)/t17-/m1/s1. The highest BCUT2D eigenvalue weighted by Crippen LogP contribution is 2.29. The molecule has 14 heteroatoms. The van der Waals surface area contributed by atoms with Gasteiger partial charge in [0.1, 0.15) is 30.2 Å². The molecule has 0 aromatic carbocycles. The number of rotatable bonds is 6. The van der Waals surface area contributed by atoms with Crippen LogP contribution in [0, 0.1) is 23.0 Å². The van der Waals surface area contributed by atoms with Gasteiger partial charge in [0.25, 0.3) is 0 Å². The summed E-state index contributed by atoms with van der Waals surface area (Å²) in [5.74, 6) is -1.81. The monoisotopic (exact) mass is 539 g/mol. The highest BCUT2D eigenvalue weighted by atomic mass is 19.1. The van der Waals surface area contributed by atoms with Crippen LogP contribution in [0.25, 0.3) is 17.2 Å². The molecule has 2 aliphatic rings. The fraction of sp³-hybridized carbons (Fsp3) is 0.440. The molecule has 0 aliphatic carbocycles. The Morgan fingerprint density at radius 2 is 1.90 bits per heavy atom. The lowest BCUT2D eigenvalue weighted by atomic mass is 10.1. The number of aliphatic hydroxyl groups is 1. The second kappa shape index (κ2) is 11.2. The van der Waals surface area contributed by atoms with Crippen LogP contribution in [0.4, 0.5) is 20.4 Å². The number of imidazole rings is 1. The molecule has 0 saturated carbocycles. The van der Waals surface area contributed by atoms with Crippen LogP contribution in [-0.2, 0) is 9.59 Å². The molecule has 5 rings (SSSR count). The largest absolute Gasteiger partial charge is 0.387 e. The van der Waals surface area contributed by atoms with Gasteiger partial charge < -0.3 is 25.1 Å². The fourth-order valence-corrected chi connectivity index (χ4v) is 4.94. The van der Waals surface area contributed by atoms with Gasteiger partial charge in [-0.05, 0) is 25.0 Å². The first-order valence-electron chi connectivity index (χ1n) is 12.6. The zero-order chi connectivity index (χ0) is 27.5. The second-order valence-electron chi connectivity index (χ2n) is 9.44. The number of hydrogen-bond acceptors (Lipinski definition) is 9. The summed E-state index contributed by atoms with van der Waals surface area (Å²) in [6.45, 7) is 1.32. The number of nitrogens with one attached hydrogen (secondary N) is 1. The fourth-order valence-electron chi connectivity index (χ4n) is 4.94. The summed E-state index contributed by atoms with van der Waals surface area (Å²) in [6.07, 6.45) is 3.84. The third-order valence-corrected chi connectivity index (χ3v) is 6.94. The van der Waals surface area contributed by atoms with Crippen molar-refractivity contribution in [2.45, 2.75) is 25.3 Å². The Bertz CT molecular complexity index is 1430. The molecular formula is C25H27F2N9O3. The molecule has 3 aromatic rings. The lowest BCUT2D eigenvalue weighted by Gasteiger charge is -2.36. The molecule has 12 nitrogen and oxygen atoms in total. The first-order chi connectivity index (χ1) is 18.9. The van der Waals surface area contributed by atoms with E-state index in [9.17, 15) is 14.0 Å². The summed E-state index contributed by atoms with van der Waals surface area (Å²) in [4.78, 5) is 42.2. The van der Waals surface area contributed by atoms with Gasteiger partial charge in [-0.2, -0.15) is 9.65 Å². The van der Waals surface area contributed by atoms with Crippen molar-refractivity contribution in [2.24, 2.45) is 0 Å². The Morgan fingerprint density at radius 1 is 1.10 bits per heavy atom. The number of hydrogen-bond donors (Lipinski definition) is 2. The van der Waals surface area contributed by atoms with E-state index < -0.39 is 24.1 Å². The van der Waals surface area contributed by atoms with E-state index in [1.807, 2.05) is 6.07 Å². The number of anilines is 2. The zero-order valence-corrected chi connectivity index (χ0v) is 21.1. The Morgan fingerprint density at radius 3 is 2.64 bits per heavy atom. The molecule has 5 heterocycles. The molecule has 2 aliphatic heterocycles. The Hall–Kier alpha value is -4.38. The summed E-state index contributed by atoms with van der Waals surface area (Å²) in [6, 6.07) is 4.34. The molecule has 0 unspecified atom stereocenters. The molecule has 0 radical (unpaired) electrons. The number of piperidine rings is 1. The number of aliphatic hydroxyl groups excluding tert-OH is 1. The predicted molar refractivity (Wildman–Crippen MR) is 135 cm³/mol. The first-order valence-corrected chi connectivity index (χ1v) is 12.6.